The fraction of sp³-hybridized carbons (Fsp3) is 0.900. The summed E-state index contributed by atoms with van der Waals surface area (Å²) in [5.74, 6) is 0. The second-order valence-corrected chi connectivity index (χ2v) is 6.06. The zero-order valence-corrected chi connectivity index (χ0v) is 11.3. The second kappa shape index (κ2) is 6.00. The van der Waals surface area contributed by atoms with E-state index in [1.807, 2.05) is 0 Å². The average molecular weight is 301 g/mol. The van der Waals surface area contributed by atoms with E-state index in [0.717, 1.165) is 32.1 Å². The summed E-state index contributed by atoms with van der Waals surface area (Å²) in [7, 11) is -5.62. The zero-order chi connectivity index (χ0) is 14.7. The molecule has 19 heavy (non-hydrogen) atoms. The number of amides is 1. The number of alkyl carbamates (subject to hydrolysis) is 1. The van der Waals surface area contributed by atoms with Gasteiger partial charge in [-0.15, -0.1) is 0 Å². The minimum atomic E-state index is -5.62. The van der Waals surface area contributed by atoms with Gasteiger partial charge in [-0.2, -0.15) is 17.2 Å². The molecule has 0 spiro atoms. The highest BCUT2D eigenvalue weighted by Gasteiger charge is 2.52. The fourth-order valence-corrected chi connectivity index (χ4v) is 2.35. The predicted molar refractivity (Wildman–Crippen MR) is 62.4 cm³/mol. The van der Waals surface area contributed by atoms with Crippen LogP contribution in [0, 0.1) is 0 Å². The zero-order valence-electron chi connectivity index (χ0n) is 10.4. The van der Waals surface area contributed by atoms with Crippen LogP contribution in [0.5, 0.6) is 0 Å². The van der Waals surface area contributed by atoms with Gasteiger partial charge < -0.3 is 10.1 Å². The molecule has 1 aliphatic rings. The van der Waals surface area contributed by atoms with Crippen LogP contribution in [-0.4, -0.2) is 36.5 Å². The Morgan fingerprint density at radius 2 is 1.89 bits per heavy atom. The first-order valence-electron chi connectivity index (χ1n) is 5.96. The van der Waals surface area contributed by atoms with E-state index in [9.17, 15) is 22.0 Å². The lowest BCUT2D eigenvalue weighted by molar-refractivity contribution is -0.0459. The number of ether oxygens (including phenoxy) is 1. The van der Waals surface area contributed by atoms with Crippen LogP contribution in [0.4, 0.5) is 13.6 Å². The van der Waals surface area contributed by atoms with Gasteiger partial charge in [-0.1, -0.05) is 19.3 Å². The number of nitrogens with one attached hydrogen (secondary N) is 1. The summed E-state index contributed by atoms with van der Waals surface area (Å²) in [4.78, 5) is 11.4. The Kier molecular flexibility index (Phi) is 5.08. The molecule has 6 nitrogen and oxygen atoms in total. The van der Waals surface area contributed by atoms with Crippen molar-refractivity contribution in [3.8, 4) is 0 Å². The number of hydrogen-bond acceptors (Lipinski definition) is 4. The van der Waals surface area contributed by atoms with Gasteiger partial charge in [0, 0.05) is 6.04 Å². The summed E-state index contributed by atoms with van der Waals surface area (Å²) in [5, 5.41) is -2.13. The van der Waals surface area contributed by atoms with Crippen LogP contribution in [0.15, 0.2) is 0 Å². The van der Waals surface area contributed by atoms with Crippen molar-refractivity contribution in [1.29, 1.82) is 0 Å². The molecule has 1 fully saturated rings. The van der Waals surface area contributed by atoms with Gasteiger partial charge in [-0.3, -0.25) is 4.55 Å². The second-order valence-electron chi connectivity index (χ2n) is 4.56. The summed E-state index contributed by atoms with van der Waals surface area (Å²) in [6, 6.07) is -0.146. The maximum Gasteiger partial charge on any atom is 0.407 e. The SMILES string of the molecule is CC(OC(=O)NC1CCCCC1)C(F)(F)S(=O)(=O)O. The van der Waals surface area contributed by atoms with E-state index in [1.165, 1.54) is 0 Å². The number of carbonyl (C=O) groups is 1. The molecule has 1 amide bonds. The Labute approximate surface area is 110 Å². The first-order valence-corrected chi connectivity index (χ1v) is 7.40. The van der Waals surface area contributed by atoms with Crippen molar-refractivity contribution in [2.75, 3.05) is 0 Å². The van der Waals surface area contributed by atoms with Crippen molar-refractivity contribution >= 4 is 16.2 Å². The van der Waals surface area contributed by atoms with Gasteiger partial charge >= 0.3 is 21.5 Å². The number of halogens is 2. The average Bonchev–Trinajstić information content (AvgIpc) is 2.28. The van der Waals surface area contributed by atoms with Crippen molar-refractivity contribution in [3.63, 3.8) is 0 Å². The molecule has 1 saturated carbocycles. The molecule has 2 N–H and O–H groups in total. The minimum Gasteiger partial charge on any atom is -0.439 e. The molecule has 0 aromatic rings. The van der Waals surface area contributed by atoms with Gasteiger partial charge in [-0.05, 0) is 19.8 Å². The number of alkyl halides is 2. The van der Waals surface area contributed by atoms with Crippen LogP contribution in [-0.2, 0) is 14.9 Å². The lowest BCUT2D eigenvalue weighted by Crippen LogP contribution is -2.45. The monoisotopic (exact) mass is 301 g/mol. The summed E-state index contributed by atoms with van der Waals surface area (Å²) >= 11 is 0. The third-order valence-electron chi connectivity index (χ3n) is 3.03. The van der Waals surface area contributed by atoms with Crippen molar-refractivity contribution in [2.45, 2.75) is 56.4 Å². The van der Waals surface area contributed by atoms with Crippen LogP contribution in [0.1, 0.15) is 39.0 Å². The molecule has 0 aromatic carbocycles. The Bertz CT molecular complexity index is 420. The predicted octanol–water partition coefficient (Wildman–Crippen LogP) is 1.91. The van der Waals surface area contributed by atoms with Crippen molar-refractivity contribution in [1.82, 2.24) is 5.32 Å². The summed E-state index contributed by atoms with van der Waals surface area (Å²) in [5.41, 5.74) is 0. The molecule has 0 aliphatic heterocycles. The van der Waals surface area contributed by atoms with Gasteiger partial charge in [0.1, 0.15) is 0 Å². The van der Waals surface area contributed by atoms with E-state index >= 15 is 0 Å². The van der Waals surface area contributed by atoms with Crippen LogP contribution < -0.4 is 5.32 Å². The molecule has 9 heteroatoms. The highest BCUT2D eigenvalue weighted by molar-refractivity contribution is 7.86. The Hall–Kier alpha value is -0.960. The third-order valence-corrected chi connectivity index (χ3v) is 4.05. The topological polar surface area (TPSA) is 92.7 Å². The number of carbonyl (C=O) groups excluding carboxylic acids is 1. The molecule has 1 atom stereocenters. The molecule has 1 rings (SSSR count). The van der Waals surface area contributed by atoms with Crippen molar-refractivity contribution < 1.29 is 31.3 Å². The summed E-state index contributed by atoms with van der Waals surface area (Å²) in [6.07, 6.45) is 1.01. The van der Waals surface area contributed by atoms with Crippen LogP contribution >= 0.6 is 0 Å². The largest absolute Gasteiger partial charge is 0.439 e. The van der Waals surface area contributed by atoms with E-state index in [1.54, 1.807) is 0 Å². The summed E-state index contributed by atoms with van der Waals surface area (Å²) < 4.78 is 59.8. The van der Waals surface area contributed by atoms with Crippen LogP contribution in [0.3, 0.4) is 0 Å². The normalized spacial score (nSPS) is 19.8. The van der Waals surface area contributed by atoms with E-state index in [4.69, 9.17) is 4.55 Å². The van der Waals surface area contributed by atoms with Gasteiger partial charge in [-0.25, -0.2) is 4.79 Å². The van der Waals surface area contributed by atoms with Gasteiger partial charge in [0.25, 0.3) is 0 Å². The number of hydrogen-bond donors (Lipinski definition) is 2. The Morgan fingerprint density at radius 3 is 2.37 bits per heavy atom. The highest BCUT2D eigenvalue weighted by Crippen LogP contribution is 2.27. The Morgan fingerprint density at radius 1 is 1.37 bits per heavy atom. The first-order chi connectivity index (χ1) is 8.64. The van der Waals surface area contributed by atoms with Crippen molar-refractivity contribution in [3.05, 3.63) is 0 Å². The van der Waals surface area contributed by atoms with Crippen LogP contribution in [0.25, 0.3) is 0 Å². The van der Waals surface area contributed by atoms with Crippen molar-refractivity contribution in [2.24, 2.45) is 0 Å². The maximum atomic E-state index is 13.1. The highest BCUT2D eigenvalue weighted by atomic mass is 32.2. The molecule has 1 unspecified atom stereocenters. The minimum absolute atomic E-state index is 0.146. The standard InChI is InChI=1S/C10H17F2NO5S/c1-7(10(11,12)19(15,16)17)18-9(14)13-8-5-3-2-4-6-8/h7-8H,2-6H2,1H3,(H,13,14)(H,15,16,17). The molecule has 0 radical (unpaired) electrons. The molecule has 0 bridgehead atoms. The smallest absolute Gasteiger partial charge is 0.407 e. The molecular formula is C10H17F2NO5S. The van der Waals surface area contributed by atoms with Gasteiger partial charge in [0.05, 0.1) is 0 Å². The Balaban J connectivity index is 2.52. The van der Waals surface area contributed by atoms with E-state index in [-0.39, 0.29) is 6.04 Å². The quantitative estimate of drug-likeness (QED) is 0.774. The van der Waals surface area contributed by atoms with E-state index in [0.29, 0.717) is 6.92 Å². The lowest BCUT2D eigenvalue weighted by atomic mass is 9.96. The molecular weight excluding hydrogens is 284 g/mol. The van der Waals surface area contributed by atoms with Gasteiger partial charge in [0.2, 0.25) is 0 Å². The number of rotatable bonds is 4. The lowest BCUT2D eigenvalue weighted by Gasteiger charge is -2.25. The van der Waals surface area contributed by atoms with E-state index < -0.39 is 27.6 Å². The van der Waals surface area contributed by atoms with Gasteiger partial charge in [0.15, 0.2) is 6.10 Å². The molecule has 0 saturated heterocycles. The third kappa shape index (κ3) is 4.27. The molecule has 0 aromatic heterocycles. The molecule has 112 valence electrons. The maximum absolute atomic E-state index is 13.1. The molecule has 1 aliphatic carbocycles. The van der Waals surface area contributed by atoms with E-state index in [2.05, 4.69) is 10.1 Å². The fourth-order valence-electron chi connectivity index (χ4n) is 1.89. The molecule has 0 heterocycles. The van der Waals surface area contributed by atoms with Crippen LogP contribution in [0.2, 0.25) is 0 Å². The first kappa shape index (κ1) is 16.1. The summed E-state index contributed by atoms with van der Waals surface area (Å²) in [6.45, 7) is 0.703.